The van der Waals surface area contributed by atoms with Crippen LogP contribution in [0.5, 0.6) is 0 Å². The number of carbonyl (C=O) groups is 1. The maximum Gasteiger partial charge on any atom is 0.317 e. The molecule has 2 amide bonds. The molecule has 0 saturated carbocycles. The number of likely N-dealkylation sites (tertiary alicyclic amines) is 1. The fourth-order valence-corrected chi connectivity index (χ4v) is 5.61. The molecule has 0 aliphatic carbocycles. The minimum Gasteiger partial charge on any atom is -0.366 e. The molecule has 2 saturated heterocycles. The molecular formula is C29H40N6O. The Balaban J connectivity index is 1.28. The highest BCUT2D eigenvalue weighted by Gasteiger charge is 2.24. The van der Waals surface area contributed by atoms with Crippen LogP contribution in [0.3, 0.4) is 0 Å². The fourth-order valence-electron chi connectivity index (χ4n) is 5.61. The minimum atomic E-state index is 0.0309. The summed E-state index contributed by atoms with van der Waals surface area (Å²) in [5, 5.41) is 7.58. The number of rotatable bonds is 5. The van der Waals surface area contributed by atoms with Crippen molar-refractivity contribution < 1.29 is 4.79 Å². The Morgan fingerprint density at radius 1 is 0.917 bits per heavy atom. The molecule has 0 bridgehead atoms. The molecule has 2 aliphatic heterocycles. The number of anilines is 1. The molecule has 36 heavy (non-hydrogen) atoms. The van der Waals surface area contributed by atoms with Crippen molar-refractivity contribution in [1.29, 1.82) is 0 Å². The maximum atomic E-state index is 12.4. The average Bonchev–Trinajstić information content (AvgIpc) is 3.33. The minimum absolute atomic E-state index is 0.0309. The number of urea groups is 1. The molecule has 1 N–H and O–H groups in total. The van der Waals surface area contributed by atoms with E-state index >= 15 is 0 Å². The Morgan fingerprint density at radius 2 is 1.61 bits per heavy atom. The molecule has 0 unspecified atom stereocenters. The van der Waals surface area contributed by atoms with Gasteiger partial charge in [0.05, 0.1) is 11.2 Å². The molecule has 7 heteroatoms. The number of piperidine rings is 1. The summed E-state index contributed by atoms with van der Waals surface area (Å²) in [6.45, 7) is 14.0. The van der Waals surface area contributed by atoms with E-state index in [4.69, 9.17) is 0 Å². The Morgan fingerprint density at radius 3 is 2.25 bits per heavy atom. The van der Waals surface area contributed by atoms with Crippen LogP contribution in [0, 0.1) is 0 Å². The van der Waals surface area contributed by atoms with E-state index in [1.54, 1.807) is 0 Å². The van der Waals surface area contributed by atoms with Gasteiger partial charge in [0, 0.05) is 56.2 Å². The van der Waals surface area contributed by atoms with E-state index in [2.05, 4.69) is 76.7 Å². The van der Waals surface area contributed by atoms with Crippen LogP contribution in [0.15, 0.2) is 48.8 Å². The van der Waals surface area contributed by atoms with Crippen molar-refractivity contribution in [2.45, 2.75) is 58.5 Å². The van der Waals surface area contributed by atoms with Gasteiger partial charge in [-0.25, -0.2) is 9.31 Å². The van der Waals surface area contributed by atoms with Crippen LogP contribution in [0.25, 0.3) is 16.6 Å². The molecule has 1 aromatic carbocycles. The predicted octanol–water partition coefficient (Wildman–Crippen LogP) is 4.83. The summed E-state index contributed by atoms with van der Waals surface area (Å²) in [4.78, 5) is 19.2. The van der Waals surface area contributed by atoms with E-state index in [9.17, 15) is 4.79 Å². The van der Waals surface area contributed by atoms with Gasteiger partial charge in [0.2, 0.25) is 0 Å². The van der Waals surface area contributed by atoms with E-state index < -0.39 is 0 Å². The van der Waals surface area contributed by atoms with Crippen LogP contribution >= 0.6 is 0 Å². The first-order valence-corrected chi connectivity index (χ1v) is 13.5. The average molecular weight is 489 g/mol. The monoisotopic (exact) mass is 488 g/mol. The first-order valence-electron chi connectivity index (χ1n) is 13.5. The largest absolute Gasteiger partial charge is 0.366 e. The second-order valence-corrected chi connectivity index (χ2v) is 10.9. The zero-order valence-corrected chi connectivity index (χ0v) is 22.2. The molecule has 2 fully saturated rings. The lowest BCUT2D eigenvalue weighted by molar-refractivity contribution is 0.172. The lowest BCUT2D eigenvalue weighted by Gasteiger charge is -2.36. The van der Waals surface area contributed by atoms with E-state index in [0.29, 0.717) is 12.0 Å². The third-order valence-electron chi connectivity index (χ3n) is 7.78. The van der Waals surface area contributed by atoms with Crippen molar-refractivity contribution in [2.24, 2.45) is 0 Å². The van der Waals surface area contributed by atoms with Crippen LogP contribution in [0.1, 0.15) is 52.0 Å². The van der Waals surface area contributed by atoms with Gasteiger partial charge in [-0.2, -0.15) is 5.10 Å². The molecule has 5 rings (SSSR count). The van der Waals surface area contributed by atoms with Gasteiger partial charge in [0.25, 0.3) is 0 Å². The number of hydrogen-bond donors (Lipinski definition) is 1. The molecule has 7 nitrogen and oxygen atoms in total. The van der Waals surface area contributed by atoms with Gasteiger partial charge in [-0.05, 0) is 82.8 Å². The molecule has 4 heterocycles. The zero-order chi connectivity index (χ0) is 25.2. The van der Waals surface area contributed by atoms with Crippen molar-refractivity contribution in [1.82, 2.24) is 24.7 Å². The van der Waals surface area contributed by atoms with Crippen LogP contribution in [-0.2, 0) is 0 Å². The fraction of sp³-hybridized carbons (Fsp3) is 0.517. The standard InChI is InChI=1S/C29H40N6O/c1-21(2)31-29(36)34-17-15-33(16-18-34)27-9-12-30-35-20-26(19-28(27)35)24-7-5-23(6-8-24)25-10-13-32(14-11-25)22(3)4/h5-9,12,19-22,25H,10-11,13-18H2,1-4H3,(H,31,36). The summed E-state index contributed by atoms with van der Waals surface area (Å²) < 4.78 is 1.98. The van der Waals surface area contributed by atoms with Crippen molar-refractivity contribution in [3.05, 3.63) is 54.4 Å². The molecule has 192 valence electrons. The van der Waals surface area contributed by atoms with E-state index in [1.807, 2.05) is 29.5 Å². The van der Waals surface area contributed by atoms with Gasteiger partial charge in [-0.3, -0.25) is 0 Å². The van der Waals surface area contributed by atoms with Gasteiger partial charge in [0.15, 0.2) is 0 Å². The molecule has 0 radical (unpaired) electrons. The Hall–Kier alpha value is -3.06. The number of carbonyl (C=O) groups excluding carboxylic acids is 1. The number of fused-ring (bicyclic) bond motifs is 1. The number of benzene rings is 1. The summed E-state index contributed by atoms with van der Waals surface area (Å²) in [5.41, 5.74) is 6.16. The van der Waals surface area contributed by atoms with Gasteiger partial charge >= 0.3 is 6.03 Å². The Kier molecular flexibility index (Phi) is 7.19. The molecule has 3 aromatic rings. The van der Waals surface area contributed by atoms with Crippen molar-refractivity contribution in [3.63, 3.8) is 0 Å². The van der Waals surface area contributed by atoms with Gasteiger partial charge in [0.1, 0.15) is 0 Å². The van der Waals surface area contributed by atoms with Crippen LogP contribution in [0.4, 0.5) is 10.5 Å². The number of hydrogen-bond acceptors (Lipinski definition) is 4. The molecular weight excluding hydrogens is 448 g/mol. The van der Waals surface area contributed by atoms with Gasteiger partial charge in [-0.15, -0.1) is 0 Å². The van der Waals surface area contributed by atoms with E-state index in [-0.39, 0.29) is 12.1 Å². The number of amides is 2. The van der Waals surface area contributed by atoms with Crippen LogP contribution in [0.2, 0.25) is 0 Å². The predicted molar refractivity (Wildman–Crippen MR) is 147 cm³/mol. The second-order valence-electron chi connectivity index (χ2n) is 10.9. The van der Waals surface area contributed by atoms with Crippen LogP contribution < -0.4 is 10.2 Å². The number of nitrogens with zero attached hydrogens (tertiary/aromatic N) is 5. The van der Waals surface area contributed by atoms with Crippen molar-refractivity contribution >= 4 is 17.2 Å². The first-order chi connectivity index (χ1) is 17.4. The molecule has 0 atom stereocenters. The Bertz CT molecular complexity index is 1170. The summed E-state index contributed by atoms with van der Waals surface area (Å²) in [6, 6.07) is 14.3. The highest BCUT2D eigenvalue weighted by atomic mass is 16.2. The summed E-state index contributed by atoms with van der Waals surface area (Å²) in [7, 11) is 0. The maximum absolute atomic E-state index is 12.4. The third kappa shape index (κ3) is 5.21. The van der Waals surface area contributed by atoms with Crippen LogP contribution in [-0.4, -0.2) is 76.8 Å². The summed E-state index contributed by atoms with van der Waals surface area (Å²) >= 11 is 0. The SMILES string of the molecule is CC(C)NC(=O)N1CCN(c2ccnn3cc(-c4ccc(C5CCN(C(C)C)CC5)cc4)cc23)CC1. The third-order valence-corrected chi connectivity index (χ3v) is 7.78. The lowest BCUT2D eigenvalue weighted by atomic mass is 9.88. The Labute approximate surface area is 215 Å². The zero-order valence-electron chi connectivity index (χ0n) is 22.2. The van der Waals surface area contributed by atoms with Crippen molar-refractivity contribution in [2.75, 3.05) is 44.2 Å². The quantitative estimate of drug-likeness (QED) is 0.559. The highest BCUT2D eigenvalue weighted by molar-refractivity contribution is 5.80. The molecule has 2 aliphatic rings. The van der Waals surface area contributed by atoms with Crippen molar-refractivity contribution in [3.8, 4) is 11.1 Å². The van der Waals surface area contributed by atoms with E-state index in [0.717, 1.165) is 31.7 Å². The first kappa shape index (κ1) is 24.6. The smallest absolute Gasteiger partial charge is 0.317 e. The topological polar surface area (TPSA) is 56.1 Å². The normalized spacial score (nSPS) is 17.9. The van der Waals surface area contributed by atoms with Gasteiger partial charge in [-0.1, -0.05) is 24.3 Å². The number of piperazine rings is 1. The van der Waals surface area contributed by atoms with E-state index in [1.165, 1.54) is 48.3 Å². The number of aromatic nitrogens is 2. The highest BCUT2D eigenvalue weighted by Crippen LogP contribution is 2.32. The van der Waals surface area contributed by atoms with Gasteiger partial charge < -0.3 is 20.0 Å². The summed E-state index contributed by atoms with van der Waals surface area (Å²) in [6.07, 6.45) is 6.48. The lowest BCUT2D eigenvalue weighted by Crippen LogP contribution is -2.53. The molecule has 2 aromatic heterocycles. The second kappa shape index (κ2) is 10.5. The summed E-state index contributed by atoms with van der Waals surface area (Å²) in [5.74, 6) is 0.664. The number of nitrogens with one attached hydrogen (secondary N) is 1. The molecule has 0 spiro atoms.